The maximum Gasteiger partial charge on any atom is 0.306 e. The fraction of sp³-hybridized carbons (Fsp3) is 0.636. The van der Waals surface area contributed by atoms with Crippen LogP contribution in [0.4, 0.5) is 5.82 Å². The second-order valence-electron chi connectivity index (χ2n) is 4.29. The molecule has 0 amide bonds. The van der Waals surface area contributed by atoms with Crippen molar-refractivity contribution in [3.63, 3.8) is 0 Å². The normalized spacial score (nSPS) is 11.8. The lowest BCUT2D eigenvalue weighted by molar-refractivity contribution is -0.140. The summed E-state index contributed by atoms with van der Waals surface area (Å²) in [5.41, 5.74) is 5.65. The molecule has 0 bridgehead atoms. The van der Waals surface area contributed by atoms with Crippen LogP contribution in [0.3, 0.4) is 0 Å². The lowest BCUT2D eigenvalue weighted by Crippen LogP contribution is -2.29. The van der Waals surface area contributed by atoms with E-state index in [9.17, 15) is 13.2 Å². The third-order valence-electron chi connectivity index (χ3n) is 2.75. The number of aromatic nitrogens is 2. The van der Waals surface area contributed by atoms with Gasteiger partial charge in [0.05, 0.1) is 13.5 Å². The number of hydrogen-bond acceptors (Lipinski definition) is 6. The molecular formula is C11H20N4O4S. The van der Waals surface area contributed by atoms with Crippen LogP contribution in [0, 0.1) is 0 Å². The Labute approximate surface area is 118 Å². The van der Waals surface area contributed by atoms with Crippen LogP contribution in [0.15, 0.2) is 11.1 Å². The van der Waals surface area contributed by atoms with Gasteiger partial charge in [-0.2, -0.15) is 5.10 Å². The summed E-state index contributed by atoms with van der Waals surface area (Å²) in [5, 5.41) is 3.96. The zero-order valence-corrected chi connectivity index (χ0v) is 12.7. The van der Waals surface area contributed by atoms with Gasteiger partial charge in [0.2, 0.25) is 10.0 Å². The third kappa shape index (κ3) is 3.70. The Morgan fingerprint density at radius 3 is 2.75 bits per heavy atom. The summed E-state index contributed by atoms with van der Waals surface area (Å²) in [4.78, 5) is 11.0. The van der Waals surface area contributed by atoms with Crippen LogP contribution in [-0.4, -0.2) is 49.2 Å². The van der Waals surface area contributed by atoms with Gasteiger partial charge >= 0.3 is 5.97 Å². The van der Waals surface area contributed by atoms with Crippen molar-refractivity contribution in [1.82, 2.24) is 14.1 Å². The molecule has 0 fully saturated rings. The topological polar surface area (TPSA) is 108 Å². The average Bonchev–Trinajstić information content (AvgIpc) is 2.77. The van der Waals surface area contributed by atoms with Gasteiger partial charge in [-0.05, 0) is 6.42 Å². The van der Waals surface area contributed by atoms with E-state index in [1.165, 1.54) is 25.0 Å². The van der Waals surface area contributed by atoms with Crippen molar-refractivity contribution in [2.45, 2.75) is 31.2 Å². The number of nitrogens with zero attached hydrogens (tertiary/aromatic N) is 3. The van der Waals surface area contributed by atoms with Gasteiger partial charge in [0.15, 0.2) is 5.82 Å². The fourth-order valence-electron chi connectivity index (χ4n) is 1.60. The van der Waals surface area contributed by atoms with Crippen molar-refractivity contribution < 1.29 is 17.9 Å². The molecular weight excluding hydrogens is 284 g/mol. The number of sulfonamides is 1. The van der Waals surface area contributed by atoms with Gasteiger partial charge in [0.1, 0.15) is 4.90 Å². The van der Waals surface area contributed by atoms with Crippen molar-refractivity contribution in [3.05, 3.63) is 6.20 Å². The molecule has 1 aromatic heterocycles. The minimum atomic E-state index is -3.75. The summed E-state index contributed by atoms with van der Waals surface area (Å²) in [6.07, 6.45) is 2.21. The van der Waals surface area contributed by atoms with E-state index in [-0.39, 0.29) is 23.7 Å². The maximum atomic E-state index is 12.3. The predicted molar refractivity (Wildman–Crippen MR) is 73.4 cm³/mol. The summed E-state index contributed by atoms with van der Waals surface area (Å²) >= 11 is 0. The number of methoxy groups -OCH3 is 1. The summed E-state index contributed by atoms with van der Waals surface area (Å²) in [7, 11) is -1.12. The highest BCUT2D eigenvalue weighted by Gasteiger charge is 2.26. The molecule has 0 atom stereocenters. The highest BCUT2D eigenvalue weighted by Crippen LogP contribution is 2.20. The molecule has 0 radical (unpaired) electrons. The number of nitrogen functional groups attached to an aromatic ring is 1. The number of rotatable bonds is 7. The van der Waals surface area contributed by atoms with Crippen LogP contribution >= 0.6 is 0 Å². The summed E-state index contributed by atoms with van der Waals surface area (Å²) in [6.45, 7) is 2.56. The molecule has 8 nitrogen and oxygen atoms in total. The van der Waals surface area contributed by atoms with E-state index in [2.05, 4.69) is 9.84 Å². The van der Waals surface area contributed by atoms with Crippen molar-refractivity contribution >= 4 is 21.8 Å². The second kappa shape index (κ2) is 6.71. The molecule has 0 aliphatic heterocycles. The predicted octanol–water partition coefficient (Wildman–Crippen LogP) is 0.0589. The number of aryl methyl sites for hydroxylation is 1. The number of carbonyl (C=O) groups excluding carboxylic acids is 1. The minimum Gasteiger partial charge on any atom is -0.469 e. The lowest BCUT2D eigenvalue weighted by Gasteiger charge is -2.15. The zero-order valence-electron chi connectivity index (χ0n) is 11.9. The van der Waals surface area contributed by atoms with E-state index in [0.29, 0.717) is 6.54 Å². The Balaban J connectivity index is 2.89. The van der Waals surface area contributed by atoms with E-state index in [1.54, 1.807) is 0 Å². The molecule has 1 aromatic rings. The van der Waals surface area contributed by atoms with Gasteiger partial charge in [-0.25, -0.2) is 12.7 Å². The Hall–Kier alpha value is -1.61. The fourth-order valence-corrected chi connectivity index (χ4v) is 2.83. The van der Waals surface area contributed by atoms with E-state index in [0.717, 1.165) is 10.7 Å². The van der Waals surface area contributed by atoms with Crippen molar-refractivity contribution in [2.75, 3.05) is 26.4 Å². The Morgan fingerprint density at radius 1 is 1.55 bits per heavy atom. The van der Waals surface area contributed by atoms with Gasteiger partial charge in [-0.15, -0.1) is 0 Å². The summed E-state index contributed by atoms with van der Waals surface area (Å²) in [5.74, 6) is -0.509. The molecule has 0 aromatic carbocycles. The molecule has 0 saturated carbocycles. The first-order valence-corrected chi connectivity index (χ1v) is 7.63. The molecule has 1 heterocycles. The monoisotopic (exact) mass is 304 g/mol. The van der Waals surface area contributed by atoms with E-state index in [1.807, 2.05) is 6.92 Å². The van der Waals surface area contributed by atoms with E-state index >= 15 is 0 Å². The third-order valence-corrected chi connectivity index (χ3v) is 4.63. The van der Waals surface area contributed by atoms with Crippen molar-refractivity contribution in [3.8, 4) is 0 Å². The largest absolute Gasteiger partial charge is 0.469 e. The zero-order chi connectivity index (χ0) is 15.3. The van der Waals surface area contributed by atoms with Crippen LogP contribution < -0.4 is 5.73 Å². The van der Waals surface area contributed by atoms with Crippen LogP contribution in [0.1, 0.15) is 19.8 Å². The quantitative estimate of drug-likeness (QED) is 0.714. The molecule has 2 N–H and O–H groups in total. The molecule has 20 heavy (non-hydrogen) atoms. The second-order valence-corrected chi connectivity index (χ2v) is 6.31. The molecule has 0 aliphatic rings. The molecule has 0 saturated heterocycles. The molecule has 0 aliphatic carbocycles. The molecule has 114 valence electrons. The molecule has 1 rings (SSSR count). The average molecular weight is 304 g/mol. The van der Waals surface area contributed by atoms with Gasteiger partial charge < -0.3 is 10.5 Å². The summed E-state index contributed by atoms with van der Waals surface area (Å²) in [6, 6.07) is 0. The van der Waals surface area contributed by atoms with E-state index in [4.69, 9.17) is 5.73 Å². The first-order chi connectivity index (χ1) is 9.32. The SMILES string of the molecule is CCCn1cc(S(=O)(=O)N(C)CCC(=O)OC)c(N)n1. The number of nitrogens with two attached hydrogens (primary N) is 1. The summed E-state index contributed by atoms with van der Waals surface area (Å²) < 4.78 is 31.7. The number of esters is 1. The highest BCUT2D eigenvalue weighted by molar-refractivity contribution is 7.89. The molecule has 0 spiro atoms. The smallest absolute Gasteiger partial charge is 0.306 e. The number of ether oxygens (including phenoxy) is 1. The molecule has 0 unspecified atom stereocenters. The first-order valence-electron chi connectivity index (χ1n) is 6.19. The van der Waals surface area contributed by atoms with Gasteiger partial charge in [-0.3, -0.25) is 9.48 Å². The van der Waals surface area contributed by atoms with Crippen LogP contribution in [-0.2, 0) is 26.1 Å². The van der Waals surface area contributed by atoms with Crippen molar-refractivity contribution in [2.24, 2.45) is 0 Å². The van der Waals surface area contributed by atoms with Gasteiger partial charge in [-0.1, -0.05) is 6.92 Å². The minimum absolute atomic E-state index is 0.0186. The van der Waals surface area contributed by atoms with Crippen LogP contribution in [0.2, 0.25) is 0 Å². The number of hydrogen-bond donors (Lipinski definition) is 1. The lowest BCUT2D eigenvalue weighted by atomic mass is 10.4. The number of carbonyl (C=O) groups is 1. The molecule has 9 heteroatoms. The Kier molecular flexibility index (Phi) is 5.52. The highest BCUT2D eigenvalue weighted by atomic mass is 32.2. The van der Waals surface area contributed by atoms with E-state index < -0.39 is 16.0 Å². The first kappa shape index (κ1) is 16.4. The Bertz CT molecular complexity index is 567. The van der Waals surface area contributed by atoms with Crippen LogP contribution in [0.25, 0.3) is 0 Å². The van der Waals surface area contributed by atoms with Crippen molar-refractivity contribution in [1.29, 1.82) is 0 Å². The maximum absolute atomic E-state index is 12.3. The number of anilines is 1. The van der Waals surface area contributed by atoms with Gasteiger partial charge in [0, 0.05) is 26.3 Å². The Morgan fingerprint density at radius 2 is 2.20 bits per heavy atom. The van der Waals surface area contributed by atoms with Crippen LogP contribution in [0.5, 0.6) is 0 Å². The standard InChI is InChI=1S/C11H20N4O4S/c1-4-6-15-8-9(11(12)13-15)20(17,18)14(2)7-5-10(16)19-3/h8H,4-7H2,1-3H3,(H2,12,13). The van der Waals surface area contributed by atoms with Gasteiger partial charge in [0.25, 0.3) is 0 Å².